The maximum absolute atomic E-state index is 12.5. The van der Waals surface area contributed by atoms with Gasteiger partial charge in [-0.15, -0.1) is 11.3 Å². The largest absolute Gasteiger partial charge is 0.340 e. The first-order chi connectivity index (χ1) is 10.1. The Morgan fingerprint density at radius 2 is 2.14 bits per heavy atom. The number of nitrogens with zero attached hydrogens (tertiary/aromatic N) is 2. The van der Waals surface area contributed by atoms with Crippen LogP contribution in [0.5, 0.6) is 0 Å². The molecule has 21 heavy (non-hydrogen) atoms. The zero-order chi connectivity index (χ0) is 15.0. The minimum atomic E-state index is 0.108. The number of carbonyl (C=O) groups is 1. The van der Waals surface area contributed by atoms with Crippen LogP contribution in [-0.2, 0) is 6.54 Å². The summed E-state index contributed by atoms with van der Waals surface area (Å²) >= 11 is 1.65. The van der Waals surface area contributed by atoms with Crippen LogP contribution in [0.15, 0.2) is 36.5 Å². The number of Topliss-reactive ketones (excluding diaryl/α,β-unsaturated/α-hetero) is 1. The van der Waals surface area contributed by atoms with E-state index in [9.17, 15) is 4.79 Å². The molecule has 4 heteroatoms. The molecule has 0 atom stereocenters. The fourth-order valence-corrected chi connectivity index (χ4v) is 3.55. The molecule has 1 aromatic carbocycles. The molecule has 0 aliphatic heterocycles. The molecule has 0 bridgehead atoms. The molecular weight excluding hydrogens is 280 g/mol. The average Bonchev–Trinajstić information content (AvgIpc) is 3.02. The van der Waals surface area contributed by atoms with Gasteiger partial charge in [0.2, 0.25) is 0 Å². The number of fused-ring (bicyclic) bond motifs is 1. The smallest absolute Gasteiger partial charge is 0.183 e. The normalized spacial score (nSPS) is 10.7. The van der Waals surface area contributed by atoms with Gasteiger partial charge in [-0.2, -0.15) is 5.26 Å². The summed E-state index contributed by atoms with van der Waals surface area (Å²) in [6, 6.07) is 11.6. The lowest BCUT2D eigenvalue weighted by molar-refractivity contribution is 0.0973. The highest BCUT2D eigenvalue weighted by Crippen LogP contribution is 2.23. The number of rotatable bonds is 3. The van der Waals surface area contributed by atoms with Crippen molar-refractivity contribution in [2.75, 3.05) is 0 Å². The quantitative estimate of drug-likeness (QED) is 0.683. The molecule has 0 saturated heterocycles. The monoisotopic (exact) mass is 294 g/mol. The van der Waals surface area contributed by atoms with E-state index in [0.717, 1.165) is 26.2 Å². The maximum atomic E-state index is 12.5. The van der Waals surface area contributed by atoms with Gasteiger partial charge in [-0.3, -0.25) is 4.79 Å². The number of aromatic nitrogens is 1. The molecule has 3 rings (SSSR count). The second-order valence-electron chi connectivity index (χ2n) is 5.04. The molecule has 104 valence electrons. The third kappa shape index (κ3) is 2.37. The Bertz CT molecular complexity index is 880. The number of benzene rings is 1. The van der Waals surface area contributed by atoms with Crippen molar-refractivity contribution in [3.05, 3.63) is 57.4 Å². The number of hydrogen-bond donors (Lipinski definition) is 0. The van der Waals surface area contributed by atoms with E-state index >= 15 is 0 Å². The molecule has 0 fully saturated rings. The molecule has 0 unspecified atom stereocenters. The summed E-state index contributed by atoms with van der Waals surface area (Å²) in [7, 11) is 0. The standard InChI is InChI=1S/C17H14N2OS/c1-11-8-15(12(2)21-11)17(20)10-19-7-6-14-13(9-18)4-3-5-16(14)19/h3-8H,10H2,1-2H3. The first kappa shape index (κ1) is 13.6. The van der Waals surface area contributed by atoms with Crippen LogP contribution >= 0.6 is 11.3 Å². The van der Waals surface area contributed by atoms with Gasteiger partial charge >= 0.3 is 0 Å². The lowest BCUT2D eigenvalue weighted by atomic mass is 10.1. The minimum absolute atomic E-state index is 0.108. The molecule has 2 aromatic heterocycles. The molecule has 0 radical (unpaired) electrons. The maximum Gasteiger partial charge on any atom is 0.183 e. The molecule has 0 spiro atoms. The van der Waals surface area contributed by atoms with Crippen LogP contribution in [0.4, 0.5) is 0 Å². The van der Waals surface area contributed by atoms with Crippen LogP contribution in [-0.4, -0.2) is 10.4 Å². The summed E-state index contributed by atoms with van der Waals surface area (Å²) in [5.41, 5.74) is 2.36. The van der Waals surface area contributed by atoms with Gasteiger partial charge in [0, 0.05) is 32.4 Å². The molecule has 0 N–H and O–H groups in total. The zero-order valence-corrected chi connectivity index (χ0v) is 12.7. The van der Waals surface area contributed by atoms with Gasteiger partial charge in [-0.1, -0.05) is 6.07 Å². The third-order valence-electron chi connectivity index (χ3n) is 3.59. The molecule has 0 aliphatic rings. The number of nitriles is 1. The third-order valence-corrected chi connectivity index (χ3v) is 4.56. The molecule has 0 aliphatic carbocycles. The molecule has 3 aromatic rings. The van der Waals surface area contributed by atoms with E-state index in [2.05, 4.69) is 6.07 Å². The van der Waals surface area contributed by atoms with Crippen LogP contribution in [0, 0.1) is 25.2 Å². The zero-order valence-electron chi connectivity index (χ0n) is 11.9. The van der Waals surface area contributed by atoms with Crippen LogP contribution in [0.1, 0.15) is 25.7 Å². The highest BCUT2D eigenvalue weighted by atomic mass is 32.1. The second kappa shape index (κ2) is 5.19. The van der Waals surface area contributed by atoms with Crippen LogP contribution < -0.4 is 0 Å². The van der Waals surface area contributed by atoms with Crippen LogP contribution in [0.25, 0.3) is 10.9 Å². The highest BCUT2D eigenvalue weighted by molar-refractivity contribution is 7.12. The van der Waals surface area contributed by atoms with Crippen molar-refractivity contribution < 1.29 is 4.79 Å². The number of hydrogen-bond acceptors (Lipinski definition) is 3. The lowest BCUT2D eigenvalue weighted by Crippen LogP contribution is -2.09. The Hall–Kier alpha value is -2.38. The van der Waals surface area contributed by atoms with E-state index in [1.807, 2.05) is 48.9 Å². The highest BCUT2D eigenvalue weighted by Gasteiger charge is 2.14. The van der Waals surface area contributed by atoms with Crippen molar-refractivity contribution in [1.82, 2.24) is 4.57 Å². The Balaban J connectivity index is 1.98. The lowest BCUT2D eigenvalue weighted by Gasteiger charge is -2.05. The van der Waals surface area contributed by atoms with Crippen molar-refractivity contribution in [3.63, 3.8) is 0 Å². The van der Waals surface area contributed by atoms with E-state index in [1.54, 1.807) is 17.4 Å². The fourth-order valence-electron chi connectivity index (χ4n) is 2.61. The topological polar surface area (TPSA) is 45.8 Å². The van der Waals surface area contributed by atoms with Crippen molar-refractivity contribution in [2.45, 2.75) is 20.4 Å². The number of carbonyl (C=O) groups excluding carboxylic acids is 1. The average molecular weight is 294 g/mol. The number of ketones is 1. The van der Waals surface area contributed by atoms with Gasteiger partial charge in [-0.25, -0.2) is 0 Å². The first-order valence-electron chi connectivity index (χ1n) is 6.68. The first-order valence-corrected chi connectivity index (χ1v) is 7.50. The summed E-state index contributed by atoms with van der Waals surface area (Å²) in [5, 5.41) is 10.0. The summed E-state index contributed by atoms with van der Waals surface area (Å²) in [6.07, 6.45) is 1.87. The minimum Gasteiger partial charge on any atom is -0.340 e. The predicted molar refractivity (Wildman–Crippen MR) is 84.8 cm³/mol. The van der Waals surface area contributed by atoms with E-state index in [1.165, 1.54) is 0 Å². The van der Waals surface area contributed by atoms with E-state index in [4.69, 9.17) is 5.26 Å². The van der Waals surface area contributed by atoms with Crippen molar-refractivity contribution in [3.8, 4) is 6.07 Å². The second-order valence-corrected chi connectivity index (χ2v) is 6.50. The Morgan fingerprint density at radius 3 is 2.81 bits per heavy atom. The SMILES string of the molecule is Cc1cc(C(=O)Cn2ccc3c(C#N)cccc32)c(C)s1. The number of aryl methyl sites for hydroxylation is 2. The van der Waals surface area contributed by atoms with E-state index in [0.29, 0.717) is 12.1 Å². The Morgan fingerprint density at radius 1 is 1.33 bits per heavy atom. The van der Waals surface area contributed by atoms with Crippen LogP contribution in [0.2, 0.25) is 0 Å². The van der Waals surface area contributed by atoms with Gasteiger partial charge < -0.3 is 4.57 Å². The Labute approximate surface area is 127 Å². The fraction of sp³-hybridized carbons (Fsp3) is 0.176. The molecule has 0 amide bonds. The van der Waals surface area contributed by atoms with Crippen molar-refractivity contribution >= 4 is 28.0 Å². The van der Waals surface area contributed by atoms with Gasteiger partial charge in [0.25, 0.3) is 0 Å². The van der Waals surface area contributed by atoms with Gasteiger partial charge in [0.15, 0.2) is 5.78 Å². The summed E-state index contributed by atoms with van der Waals surface area (Å²) in [4.78, 5) is 14.7. The van der Waals surface area contributed by atoms with E-state index < -0.39 is 0 Å². The van der Waals surface area contributed by atoms with Gasteiger partial charge in [-0.05, 0) is 38.1 Å². The van der Waals surface area contributed by atoms with E-state index in [-0.39, 0.29) is 5.78 Å². The van der Waals surface area contributed by atoms with Crippen molar-refractivity contribution in [1.29, 1.82) is 5.26 Å². The summed E-state index contributed by atoms with van der Waals surface area (Å²) in [6.45, 7) is 4.29. The molecular formula is C17H14N2OS. The van der Waals surface area contributed by atoms with Crippen molar-refractivity contribution in [2.24, 2.45) is 0 Å². The van der Waals surface area contributed by atoms with Gasteiger partial charge in [0.1, 0.15) is 0 Å². The molecule has 3 nitrogen and oxygen atoms in total. The molecule has 0 saturated carbocycles. The van der Waals surface area contributed by atoms with Crippen LogP contribution in [0.3, 0.4) is 0 Å². The summed E-state index contributed by atoms with van der Waals surface area (Å²) in [5.74, 6) is 0.108. The van der Waals surface area contributed by atoms with Gasteiger partial charge in [0.05, 0.1) is 18.2 Å². The Kier molecular flexibility index (Phi) is 3.36. The number of thiophene rings is 1. The summed E-state index contributed by atoms with van der Waals surface area (Å²) < 4.78 is 1.91. The molecule has 2 heterocycles. The predicted octanol–water partition coefficient (Wildman–Crippen LogP) is 4.07.